The molecule has 2 nitrogen and oxygen atoms in total. The number of halogens is 12. The average Bonchev–Trinajstić information content (AvgIpc) is 3.09. The van der Waals surface area contributed by atoms with E-state index >= 15 is 0 Å². The number of hydrogen-bond acceptors (Lipinski definition) is 2. The Balaban J connectivity index is 2.72. The molecule has 0 atom stereocenters. The monoisotopic (exact) mass is 546 g/mol. The molecule has 1 fully saturated rings. The van der Waals surface area contributed by atoms with Gasteiger partial charge in [-0.15, -0.1) is 0 Å². The third kappa shape index (κ3) is 3.32. The van der Waals surface area contributed by atoms with Crippen LogP contribution in [0.15, 0.2) is 60.7 Å². The third-order valence-corrected chi connectivity index (χ3v) is 11.0. The Hall–Kier alpha value is -2.05. The van der Waals surface area contributed by atoms with Crippen LogP contribution in [0.1, 0.15) is 6.92 Å². The van der Waals surface area contributed by atoms with Gasteiger partial charge in [-0.2, -0.15) is 0 Å². The van der Waals surface area contributed by atoms with Crippen LogP contribution < -0.4 is 10.6 Å². The van der Waals surface area contributed by atoms with Gasteiger partial charge in [-0.05, 0) is 0 Å². The van der Waals surface area contributed by atoms with Gasteiger partial charge in [0, 0.05) is 0 Å². The molecule has 2 aromatic carbocycles. The number of hydrogen-bond donors (Lipinski definition) is 0. The quantitative estimate of drug-likeness (QED) is 0.311. The Labute approximate surface area is 189 Å². The molecule has 1 saturated heterocycles. The molecule has 0 aliphatic carbocycles. The predicted molar refractivity (Wildman–Crippen MR) is 101 cm³/mol. The minimum atomic E-state index is -7.28. The molecule has 15 heteroatoms. The first-order valence-corrected chi connectivity index (χ1v) is 11.8. The van der Waals surface area contributed by atoms with Gasteiger partial charge < -0.3 is 0 Å². The summed E-state index contributed by atoms with van der Waals surface area (Å²) in [7, 11) is -6.53. The van der Waals surface area contributed by atoms with Crippen molar-refractivity contribution in [2.45, 2.75) is 42.8 Å². The van der Waals surface area contributed by atoms with Crippen LogP contribution >= 0.6 is 7.06 Å². The molecule has 0 spiro atoms. The van der Waals surface area contributed by atoms with Gasteiger partial charge in [-0.25, -0.2) is 0 Å². The first-order valence-electron chi connectivity index (χ1n) is 9.58. The molecule has 0 bridgehead atoms. The Morgan fingerprint density at radius 2 is 0.800 bits per heavy atom. The van der Waals surface area contributed by atoms with E-state index in [1.54, 1.807) is 0 Å². The zero-order chi connectivity index (χ0) is 26.8. The fourth-order valence-corrected chi connectivity index (χ4v) is 9.49. The summed E-state index contributed by atoms with van der Waals surface area (Å²) in [4.78, 5) is 0. The number of benzene rings is 2. The molecule has 1 aliphatic rings. The minimum absolute atomic E-state index is 0.772. The van der Waals surface area contributed by atoms with Crippen molar-refractivity contribution < 1.29 is 61.7 Å². The van der Waals surface area contributed by atoms with E-state index in [0.717, 1.165) is 55.5 Å². The fourth-order valence-electron chi connectivity index (χ4n) is 4.37. The van der Waals surface area contributed by atoms with E-state index in [2.05, 4.69) is 9.05 Å². The molecule has 0 unspecified atom stereocenters. The van der Waals surface area contributed by atoms with E-state index in [1.807, 2.05) is 0 Å². The van der Waals surface area contributed by atoms with Crippen molar-refractivity contribution in [2.24, 2.45) is 0 Å². The first-order chi connectivity index (χ1) is 15.8. The van der Waals surface area contributed by atoms with Crippen molar-refractivity contribution >= 4 is 17.7 Å². The summed E-state index contributed by atoms with van der Waals surface area (Å²) in [5, 5.41) is -1.64. The molecule has 1 heterocycles. The predicted octanol–water partition coefficient (Wildman–Crippen LogP) is 6.81. The standard InChI is InChI=1S/C20H15F12O2P/c1-2-35(13-9-5-3-6-10-13,14-11-7-4-8-12-14)33-15(17(21,22)23,18(24,25)26)16(34-35,19(27,28)29)20(30,31)32/h3-12H,2H2,1H3. The van der Waals surface area contributed by atoms with Crippen molar-refractivity contribution in [3.8, 4) is 0 Å². The summed E-state index contributed by atoms with van der Waals surface area (Å²) in [6, 6.07) is 9.55. The average molecular weight is 546 g/mol. The molecule has 0 radical (unpaired) electrons. The maximum absolute atomic E-state index is 14.2. The maximum atomic E-state index is 14.2. The van der Waals surface area contributed by atoms with Crippen LogP contribution in [-0.2, 0) is 9.05 Å². The molecule has 35 heavy (non-hydrogen) atoms. The third-order valence-electron chi connectivity index (χ3n) is 5.88. The summed E-state index contributed by atoms with van der Waals surface area (Å²) in [5.41, 5.74) is -13.7. The van der Waals surface area contributed by atoms with Crippen LogP contribution in [0.4, 0.5) is 52.7 Å². The molecular formula is C20H15F12O2P. The molecular weight excluding hydrogens is 531 g/mol. The van der Waals surface area contributed by atoms with E-state index in [1.165, 1.54) is 12.1 Å². The first kappa shape index (κ1) is 27.5. The van der Waals surface area contributed by atoms with Gasteiger partial charge in [-0.1, -0.05) is 0 Å². The van der Waals surface area contributed by atoms with E-state index in [9.17, 15) is 52.7 Å². The van der Waals surface area contributed by atoms with Gasteiger partial charge in [0.15, 0.2) is 0 Å². The van der Waals surface area contributed by atoms with Gasteiger partial charge >= 0.3 is 189 Å². The van der Waals surface area contributed by atoms with Crippen molar-refractivity contribution in [1.82, 2.24) is 0 Å². The van der Waals surface area contributed by atoms with Crippen molar-refractivity contribution in [3.05, 3.63) is 60.7 Å². The Morgan fingerprint density at radius 3 is 1.00 bits per heavy atom. The second-order valence-electron chi connectivity index (χ2n) is 7.65. The van der Waals surface area contributed by atoms with Gasteiger partial charge in [0.25, 0.3) is 0 Å². The Bertz CT molecular complexity index is 946. The van der Waals surface area contributed by atoms with Crippen molar-refractivity contribution in [2.75, 3.05) is 6.16 Å². The zero-order valence-corrected chi connectivity index (χ0v) is 18.2. The van der Waals surface area contributed by atoms with E-state index in [-0.39, 0.29) is 0 Å². The van der Waals surface area contributed by atoms with Gasteiger partial charge in [0.05, 0.1) is 0 Å². The number of rotatable bonds is 3. The molecule has 1 aliphatic heterocycles. The van der Waals surface area contributed by atoms with Gasteiger partial charge in [0.2, 0.25) is 0 Å². The number of alkyl halides is 12. The normalized spacial score (nSPS) is 22.8. The van der Waals surface area contributed by atoms with Gasteiger partial charge in [0.1, 0.15) is 0 Å². The van der Waals surface area contributed by atoms with Crippen LogP contribution in [0.3, 0.4) is 0 Å². The van der Waals surface area contributed by atoms with E-state index in [0.29, 0.717) is 0 Å². The second kappa shape index (κ2) is 7.72. The summed E-state index contributed by atoms with van der Waals surface area (Å²) >= 11 is 0. The van der Waals surface area contributed by atoms with Crippen LogP contribution in [0.25, 0.3) is 0 Å². The molecule has 0 N–H and O–H groups in total. The van der Waals surface area contributed by atoms with Crippen LogP contribution in [0.5, 0.6) is 0 Å². The fraction of sp³-hybridized carbons (Fsp3) is 0.400. The van der Waals surface area contributed by atoms with E-state index < -0.39 is 59.7 Å². The summed E-state index contributed by atoms with van der Waals surface area (Å²) < 4.78 is 180. The molecule has 3 rings (SSSR count). The zero-order valence-electron chi connectivity index (χ0n) is 17.3. The molecule has 0 amide bonds. The molecule has 2 aromatic rings. The van der Waals surface area contributed by atoms with Crippen molar-refractivity contribution in [1.29, 1.82) is 0 Å². The van der Waals surface area contributed by atoms with E-state index in [4.69, 9.17) is 0 Å². The summed E-state index contributed by atoms with van der Waals surface area (Å²) in [6.45, 7) is 0.804. The summed E-state index contributed by atoms with van der Waals surface area (Å²) in [6.07, 6.45) is -30.4. The topological polar surface area (TPSA) is 18.5 Å². The summed E-state index contributed by atoms with van der Waals surface area (Å²) in [5.74, 6) is 0. The second-order valence-corrected chi connectivity index (χ2v) is 11.9. The van der Waals surface area contributed by atoms with Crippen LogP contribution in [-0.4, -0.2) is 42.1 Å². The molecule has 0 saturated carbocycles. The Kier molecular flexibility index (Phi) is 6.08. The van der Waals surface area contributed by atoms with Crippen LogP contribution in [0.2, 0.25) is 0 Å². The Morgan fingerprint density at radius 1 is 0.543 bits per heavy atom. The van der Waals surface area contributed by atoms with Crippen LogP contribution in [0, 0.1) is 0 Å². The molecule has 0 aromatic heterocycles. The van der Waals surface area contributed by atoms with Crippen molar-refractivity contribution in [3.63, 3.8) is 0 Å². The SMILES string of the molecule is CCP1(c2ccccc2)(c2ccccc2)OC(C(F)(F)F)(C(F)(F)F)C(C(F)(F)F)(C(F)(F)F)O1. The molecule has 196 valence electrons. The van der Waals surface area contributed by atoms with Gasteiger partial charge in [-0.3, -0.25) is 0 Å².